The van der Waals surface area contributed by atoms with Crippen LogP contribution < -0.4 is 0 Å². The van der Waals surface area contributed by atoms with Crippen LogP contribution in [0.3, 0.4) is 0 Å². The van der Waals surface area contributed by atoms with Crippen molar-refractivity contribution in [2.45, 2.75) is 210 Å². The molecule has 0 nitrogen and oxygen atoms in total. The van der Waals surface area contributed by atoms with Gasteiger partial charge in [0, 0.05) is 0 Å². The SMILES string of the molecule is CCC[CH2][Ge]([CH2]CCC)[S]c1ccccc1.CCC[CH2][Ge]([CH2]CCC)[S]c1ccccc1.CCC[CH2][Ge][CH2]CCC.CCC[CH2][Ge][CH2]CCC. The standard InChI is InChI=1S/2C14H23GeS.2C8H18Ge/c2*1-3-5-12-15(13-6-4-2)16-14-10-8-7-9-11-14;2*1-3-5-7-9-8-6-4-2/h2*7-11H,3-6,12-13H2,1-2H3;2*3-8H2,1-2H3. The summed E-state index contributed by atoms with van der Waals surface area (Å²) in [7, 11) is 4.47. The molecule has 286 valence electrons. The number of hydrogen-bond donors (Lipinski definition) is 0. The Kier molecular flexibility index (Phi) is 49.6. The normalized spacial score (nSPS) is 10.6. The van der Waals surface area contributed by atoms with Crippen LogP contribution in [0.1, 0.15) is 158 Å². The number of hydrogen-bond acceptors (Lipinski definition) is 2. The molecule has 0 aliphatic rings. The molecule has 0 saturated carbocycles. The summed E-state index contributed by atoms with van der Waals surface area (Å²) in [5.74, 6) is 0. The average Bonchev–Trinajstić information content (AvgIpc) is 3.15. The van der Waals surface area contributed by atoms with E-state index in [1.54, 1.807) is 21.0 Å². The molecule has 0 N–H and O–H groups in total. The molecule has 2 rings (SSSR count). The van der Waals surface area contributed by atoms with Gasteiger partial charge in [0.25, 0.3) is 0 Å². The molecule has 0 aliphatic heterocycles. The van der Waals surface area contributed by atoms with Crippen LogP contribution in [0.25, 0.3) is 0 Å². The molecule has 0 spiro atoms. The van der Waals surface area contributed by atoms with Crippen molar-refractivity contribution in [1.82, 2.24) is 0 Å². The van der Waals surface area contributed by atoms with Gasteiger partial charge >= 0.3 is 348 Å². The molecule has 6 heteroatoms. The van der Waals surface area contributed by atoms with Crippen molar-refractivity contribution in [2.75, 3.05) is 0 Å². The van der Waals surface area contributed by atoms with Crippen LogP contribution in [0.5, 0.6) is 0 Å². The van der Waals surface area contributed by atoms with Crippen LogP contribution >= 0.6 is 20.2 Å². The van der Waals surface area contributed by atoms with Crippen LogP contribution in [0.4, 0.5) is 0 Å². The summed E-state index contributed by atoms with van der Waals surface area (Å²) in [6, 6.07) is 22.0. The number of rotatable bonds is 28. The summed E-state index contributed by atoms with van der Waals surface area (Å²) in [6.07, 6.45) is 22.8. The van der Waals surface area contributed by atoms with Crippen molar-refractivity contribution in [2.24, 2.45) is 0 Å². The Bertz CT molecular complexity index is 756. The maximum atomic E-state index is 2.31. The van der Waals surface area contributed by atoms with E-state index in [4.69, 9.17) is 0 Å². The van der Waals surface area contributed by atoms with Crippen LogP contribution in [-0.4, -0.2) is 57.3 Å². The van der Waals surface area contributed by atoms with Crippen LogP contribution in [0.2, 0.25) is 42.0 Å². The first kappa shape index (κ1) is 53.4. The summed E-state index contributed by atoms with van der Waals surface area (Å²) in [4.78, 5) is 3.01. The van der Waals surface area contributed by atoms with Gasteiger partial charge in [0.15, 0.2) is 0 Å². The summed E-state index contributed by atoms with van der Waals surface area (Å²) in [5.41, 5.74) is 0. The number of benzene rings is 2. The van der Waals surface area contributed by atoms with Gasteiger partial charge in [-0.25, -0.2) is 0 Å². The van der Waals surface area contributed by atoms with Crippen molar-refractivity contribution < 1.29 is 0 Å². The molecule has 0 aliphatic carbocycles. The molecule has 6 radical (unpaired) electrons. The molecule has 0 aromatic heterocycles. The van der Waals surface area contributed by atoms with Gasteiger partial charge in [-0.05, 0) is 0 Å². The molecule has 0 bridgehead atoms. The van der Waals surface area contributed by atoms with Crippen molar-refractivity contribution in [3.63, 3.8) is 0 Å². The van der Waals surface area contributed by atoms with E-state index in [2.05, 4.69) is 136 Å². The van der Waals surface area contributed by atoms with Gasteiger partial charge in [-0.2, -0.15) is 0 Å². The van der Waals surface area contributed by atoms with Crippen molar-refractivity contribution in [3.05, 3.63) is 60.7 Å². The zero-order valence-corrected chi connectivity index (χ0v) is 44.6. The van der Waals surface area contributed by atoms with E-state index < -0.39 is 26.4 Å². The van der Waals surface area contributed by atoms with E-state index in [0.717, 1.165) is 0 Å². The Morgan fingerprint density at radius 2 is 0.600 bits per heavy atom. The van der Waals surface area contributed by atoms with E-state index in [-0.39, 0.29) is 0 Å². The van der Waals surface area contributed by atoms with E-state index in [9.17, 15) is 0 Å². The number of unbranched alkanes of at least 4 members (excludes halogenated alkanes) is 8. The zero-order chi connectivity index (χ0) is 37.2. The monoisotopic (exact) mass is 970 g/mol. The van der Waals surface area contributed by atoms with Crippen LogP contribution in [0, 0.1) is 0 Å². The Labute approximate surface area is 344 Å². The molecule has 2 aromatic rings. The Morgan fingerprint density at radius 3 is 0.820 bits per heavy atom. The van der Waals surface area contributed by atoms with Gasteiger partial charge in [-0.1, -0.05) is 0 Å². The van der Waals surface area contributed by atoms with Gasteiger partial charge in [0.2, 0.25) is 0 Å². The minimum atomic E-state index is -0.859. The molecular weight excluding hydrogens is 883 g/mol. The molecule has 0 heterocycles. The summed E-state index contributed by atoms with van der Waals surface area (Å²) in [6.45, 7) is 18.4. The molecule has 0 fully saturated rings. The molecule has 50 heavy (non-hydrogen) atoms. The first-order chi connectivity index (χ1) is 24.6. The summed E-state index contributed by atoms with van der Waals surface area (Å²) >= 11 is -0.726. The molecule has 0 saturated heterocycles. The first-order valence-corrected chi connectivity index (χ1v) is 39.8. The molecule has 0 amide bonds. The average molecular weight is 966 g/mol. The molecule has 0 unspecified atom stereocenters. The van der Waals surface area contributed by atoms with Gasteiger partial charge in [-0.3, -0.25) is 0 Å². The maximum absolute atomic E-state index is 2.31. The third-order valence-corrected chi connectivity index (χ3v) is 34.1. The van der Waals surface area contributed by atoms with Crippen molar-refractivity contribution in [3.8, 4) is 0 Å². The molecular formula is C44H82Ge4S2. The first-order valence-electron chi connectivity index (χ1n) is 21.1. The third kappa shape index (κ3) is 40.5. The Balaban J connectivity index is 0. The predicted molar refractivity (Wildman–Crippen MR) is 245 cm³/mol. The second-order valence-corrected chi connectivity index (χ2v) is 38.2. The third-order valence-electron chi connectivity index (χ3n) is 8.08. The fourth-order valence-electron chi connectivity index (χ4n) is 4.72. The topological polar surface area (TPSA) is 0 Å². The van der Waals surface area contributed by atoms with Gasteiger partial charge in [-0.15, -0.1) is 0 Å². The fourth-order valence-corrected chi connectivity index (χ4v) is 31.3. The van der Waals surface area contributed by atoms with Gasteiger partial charge in [0.1, 0.15) is 0 Å². The summed E-state index contributed by atoms with van der Waals surface area (Å²) < 4.78 is 0. The van der Waals surface area contributed by atoms with Crippen molar-refractivity contribution in [1.29, 1.82) is 0 Å². The van der Waals surface area contributed by atoms with Crippen molar-refractivity contribution >= 4 is 77.5 Å². The van der Waals surface area contributed by atoms with Crippen LogP contribution in [-0.2, 0) is 0 Å². The predicted octanol–water partition coefficient (Wildman–Crippen LogP) is 17.0. The van der Waals surface area contributed by atoms with E-state index >= 15 is 0 Å². The Morgan fingerprint density at radius 1 is 0.360 bits per heavy atom. The van der Waals surface area contributed by atoms with E-state index in [1.165, 1.54) is 134 Å². The summed E-state index contributed by atoms with van der Waals surface area (Å²) in [5, 5.41) is 12.5. The second kappa shape index (κ2) is 46.5. The van der Waals surface area contributed by atoms with E-state index in [0.29, 0.717) is 30.9 Å². The fraction of sp³-hybridized carbons (Fsp3) is 0.727. The van der Waals surface area contributed by atoms with Crippen LogP contribution in [0.15, 0.2) is 70.5 Å². The zero-order valence-electron chi connectivity index (χ0n) is 34.6. The Hall–Kier alpha value is 1.31. The molecule has 0 atom stereocenters. The van der Waals surface area contributed by atoms with E-state index in [1.807, 2.05) is 0 Å². The second-order valence-electron chi connectivity index (χ2n) is 13.2. The minimum absolute atomic E-state index is 0.496. The van der Waals surface area contributed by atoms with Gasteiger partial charge in [0.05, 0.1) is 0 Å². The quantitative estimate of drug-likeness (QED) is 0.0616. The van der Waals surface area contributed by atoms with Gasteiger partial charge < -0.3 is 0 Å². The molecule has 2 aromatic carbocycles.